The number of rotatable bonds is 30. The zero-order valence-corrected chi connectivity index (χ0v) is 40.7. The van der Waals surface area contributed by atoms with Crippen molar-refractivity contribution in [2.45, 2.75) is 127 Å². The summed E-state index contributed by atoms with van der Waals surface area (Å²) in [5.74, 6) is -4.38. The van der Waals surface area contributed by atoms with Gasteiger partial charge in [0.15, 0.2) is 0 Å². The molecule has 7 amide bonds. The van der Waals surface area contributed by atoms with Crippen molar-refractivity contribution in [2.75, 3.05) is 80.5 Å². The molecule has 68 heavy (non-hydrogen) atoms. The number of imide groups is 1. The number of carbonyl (C=O) groups excluding carboxylic acids is 7. The third kappa shape index (κ3) is 16.6. The number of hydrogen-bond donors (Lipinski definition) is 4. The van der Waals surface area contributed by atoms with Gasteiger partial charge in [0.1, 0.15) is 11.6 Å². The third-order valence-corrected chi connectivity index (χ3v) is 13.1. The molecule has 6 atom stereocenters. The lowest BCUT2D eigenvalue weighted by molar-refractivity contribution is -0.147. The first-order valence-electron chi connectivity index (χ1n) is 23.8. The van der Waals surface area contributed by atoms with Gasteiger partial charge in [-0.15, -0.1) is 0 Å². The Bertz CT molecular complexity index is 1830. The Hall–Kier alpha value is -5.02. The number of aliphatic carboxylic acids is 1. The number of carboxylic acids is 1. The fourth-order valence-corrected chi connectivity index (χ4v) is 9.31. The van der Waals surface area contributed by atoms with Crippen molar-refractivity contribution in [1.29, 1.82) is 0 Å². The minimum atomic E-state index is -1.36. The van der Waals surface area contributed by atoms with Crippen LogP contribution < -0.4 is 16.0 Å². The fourth-order valence-electron chi connectivity index (χ4n) is 9.31. The van der Waals surface area contributed by atoms with Crippen LogP contribution in [0.5, 0.6) is 0 Å². The second-order valence-electron chi connectivity index (χ2n) is 18.3. The van der Waals surface area contributed by atoms with Crippen LogP contribution in [0.25, 0.3) is 0 Å². The van der Waals surface area contributed by atoms with Crippen molar-refractivity contribution in [1.82, 2.24) is 30.7 Å². The van der Waals surface area contributed by atoms with Gasteiger partial charge >= 0.3 is 5.97 Å². The Kier molecular flexibility index (Phi) is 22.8. The highest BCUT2D eigenvalue weighted by Gasteiger charge is 2.43. The van der Waals surface area contributed by atoms with Gasteiger partial charge in [0, 0.05) is 53.5 Å². The highest BCUT2D eigenvalue weighted by molar-refractivity contribution is 6.02. The molecular weight excluding hydrogens is 885 g/mol. The second kappa shape index (κ2) is 27.8. The molecule has 0 spiro atoms. The Morgan fingerprint density at radius 3 is 2.07 bits per heavy atom. The van der Waals surface area contributed by atoms with E-state index in [1.807, 2.05) is 6.07 Å². The van der Waals surface area contributed by atoms with Crippen LogP contribution in [-0.2, 0) is 68.5 Å². The number of likely N-dealkylation sites (tertiary alicyclic amines) is 2. The zero-order chi connectivity index (χ0) is 49.8. The number of benzene rings is 1. The molecule has 2 heterocycles. The normalized spacial score (nSPS) is 18.8. The predicted octanol–water partition coefficient (Wildman–Crippen LogP) is 1.46. The molecule has 20 heteroatoms. The Balaban J connectivity index is 1.23. The largest absolute Gasteiger partial charge is 0.480 e. The van der Waals surface area contributed by atoms with Crippen LogP contribution in [0.15, 0.2) is 30.3 Å². The minimum Gasteiger partial charge on any atom is -0.480 e. The van der Waals surface area contributed by atoms with Crippen molar-refractivity contribution in [3.63, 3.8) is 0 Å². The fraction of sp³-hybridized carbons (Fsp3) is 0.708. The van der Waals surface area contributed by atoms with Gasteiger partial charge in [-0.05, 0) is 51.0 Å². The summed E-state index contributed by atoms with van der Waals surface area (Å²) in [5.41, 5.74) is -0.592. The number of nitrogens with zero attached hydrogens (tertiary/aromatic N) is 3. The van der Waals surface area contributed by atoms with E-state index in [0.29, 0.717) is 19.4 Å². The van der Waals surface area contributed by atoms with E-state index in [9.17, 15) is 43.5 Å². The molecule has 0 aromatic heterocycles. The summed E-state index contributed by atoms with van der Waals surface area (Å²) in [5, 5.41) is 17.9. The summed E-state index contributed by atoms with van der Waals surface area (Å²) in [6.07, 6.45) is 3.94. The van der Waals surface area contributed by atoms with Gasteiger partial charge in [-0.3, -0.25) is 38.5 Å². The van der Waals surface area contributed by atoms with Gasteiger partial charge in [-0.1, -0.05) is 50.1 Å². The number of nitrogens with one attached hydrogen (secondary N) is 3. The Morgan fingerprint density at radius 1 is 0.853 bits per heavy atom. The predicted molar refractivity (Wildman–Crippen MR) is 247 cm³/mol. The molecule has 4 N–H and O–H groups in total. The highest BCUT2D eigenvalue weighted by Crippen LogP contribution is 2.34. The lowest BCUT2D eigenvalue weighted by Crippen LogP contribution is -2.57. The molecule has 1 saturated carbocycles. The molecule has 4 rings (SSSR count). The maximum atomic E-state index is 14.2. The molecule has 380 valence electrons. The average molecular weight is 959 g/mol. The van der Waals surface area contributed by atoms with Gasteiger partial charge in [-0.2, -0.15) is 0 Å². The smallest absolute Gasteiger partial charge is 0.326 e. The van der Waals surface area contributed by atoms with Crippen molar-refractivity contribution < 1.29 is 67.1 Å². The van der Waals surface area contributed by atoms with E-state index >= 15 is 0 Å². The van der Waals surface area contributed by atoms with E-state index in [1.54, 1.807) is 48.0 Å². The van der Waals surface area contributed by atoms with Gasteiger partial charge in [0.2, 0.25) is 41.4 Å². The lowest BCUT2D eigenvalue weighted by Gasteiger charge is -2.39. The van der Waals surface area contributed by atoms with Crippen LogP contribution in [0.4, 0.5) is 0 Å². The maximum Gasteiger partial charge on any atom is 0.326 e. The molecule has 2 aliphatic heterocycles. The van der Waals surface area contributed by atoms with E-state index in [2.05, 4.69) is 16.0 Å². The maximum absolute atomic E-state index is 14.2. The molecule has 3 fully saturated rings. The number of carbonyl (C=O) groups is 8. The van der Waals surface area contributed by atoms with Gasteiger partial charge in [-0.25, -0.2) is 4.79 Å². The van der Waals surface area contributed by atoms with Gasteiger partial charge in [0.25, 0.3) is 0 Å². The molecular formula is C48H74N6O14. The summed E-state index contributed by atoms with van der Waals surface area (Å²) < 4.78 is 28.2. The summed E-state index contributed by atoms with van der Waals surface area (Å²) in [6.45, 7) is 6.41. The number of carboxylic acid groups (broad SMARTS) is 1. The van der Waals surface area contributed by atoms with E-state index in [4.69, 9.17) is 23.7 Å². The first-order valence-corrected chi connectivity index (χ1v) is 23.8. The van der Waals surface area contributed by atoms with E-state index in [0.717, 1.165) is 31.2 Å². The number of hydrogen-bond acceptors (Lipinski definition) is 13. The van der Waals surface area contributed by atoms with E-state index in [1.165, 1.54) is 33.0 Å². The number of amides is 7. The van der Waals surface area contributed by atoms with Crippen molar-refractivity contribution in [2.24, 2.45) is 11.8 Å². The van der Waals surface area contributed by atoms with Crippen molar-refractivity contribution in [3.8, 4) is 0 Å². The first kappa shape index (κ1) is 55.6. The standard InChI is InChI=1S/C48H74N6O14/c1-32(45(60)50-35(46(61)62)29-33-13-8-7-9-14-33)44(65-6)36-17-12-21-53(36)41(58)30-37(64-5)43(34-15-10-11-16-34)52(4)42(59)31-49-47(63)48(2,3)51-38(55)20-23-66-25-27-68-28-26-67-24-22-54-39(56)18-19-40(54)57/h7-9,13-14,32,34-37,43-44H,10-12,15-31H2,1-6H3,(H,49,63)(H,50,60)(H,51,55)(H,61,62). The molecule has 1 aromatic carbocycles. The molecule has 0 bridgehead atoms. The van der Waals surface area contributed by atoms with Crippen molar-refractivity contribution >= 4 is 47.3 Å². The molecule has 1 aromatic rings. The average Bonchev–Trinajstić information content (AvgIpc) is 4.10. The summed E-state index contributed by atoms with van der Waals surface area (Å²) in [6, 6.07) is 6.92. The summed E-state index contributed by atoms with van der Waals surface area (Å²) in [4.78, 5) is 107. The first-order chi connectivity index (χ1) is 32.5. The molecule has 0 radical (unpaired) electrons. The zero-order valence-electron chi connectivity index (χ0n) is 40.7. The van der Waals surface area contributed by atoms with E-state index < -0.39 is 71.4 Å². The van der Waals surface area contributed by atoms with E-state index in [-0.39, 0.29) is 108 Å². The molecule has 3 aliphatic rings. The molecule has 20 nitrogen and oxygen atoms in total. The van der Waals surface area contributed by atoms with Crippen LogP contribution in [0, 0.1) is 11.8 Å². The van der Waals surface area contributed by atoms with Crippen LogP contribution in [-0.4, -0.2) is 184 Å². The minimum absolute atomic E-state index is 0.0172. The van der Waals surface area contributed by atoms with Gasteiger partial charge in [0.05, 0.1) is 89.4 Å². The van der Waals surface area contributed by atoms with Crippen LogP contribution in [0.2, 0.25) is 0 Å². The van der Waals surface area contributed by atoms with Crippen LogP contribution in [0.3, 0.4) is 0 Å². The molecule has 2 saturated heterocycles. The second-order valence-corrected chi connectivity index (χ2v) is 18.3. The van der Waals surface area contributed by atoms with Crippen LogP contribution in [0.1, 0.15) is 90.5 Å². The lowest BCUT2D eigenvalue weighted by atomic mass is 9.89. The number of likely N-dealkylation sites (N-methyl/N-ethyl adjacent to an activating group) is 1. The summed E-state index contributed by atoms with van der Waals surface area (Å²) in [7, 11) is 4.63. The van der Waals surface area contributed by atoms with Crippen molar-refractivity contribution in [3.05, 3.63) is 35.9 Å². The quantitative estimate of drug-likeness (QED) is 0.0630. The molecule has 6 unspecified atom stereocenters. The van der Waals surface area contributed by atoms with Crippen LogP contribution >= 0.6 is 0 Å². The number of methoxy groups -OCH3 is 2. The monoisotopic (exact) mass is 959 g/mol. The van der Waals surface area contributed by atoms with Gasteiger partial charge < -0.3 is 54.5 Å². The Morgan fingerprint density at radius 2 is 1.47 bits per heavy atom. The SMILES string of the molecule is COC(CC(=O)N1CCCC1C(OC)C(C)C(=O)NC(Cc1ccccc1)C(=O)O)C(C1CCCC1)N(C)C(=O)CNC(=O)C(C)(C)NC(=O)CCOCCOCCOCCN1C(=O)CCC1=O. The summed E-state index contributed by atoms with van der Waals surface area (Å²) >= 11 is 0. The molecule has 1 aliphatic carbocycles. The topological polar surface area (TPSA) is 249 Å². The highest BCUT2D eigenvalue weighted by atomic mass is 16.5. The third-order valence-electron chi connectivity index (χ3n) is 13.1. The Labute approximate surface area is 399 Å². The number of ether oxygens (including phenoxy) is 5.